The highest BCUT2D eigenvalue weighted by Crippen LogP contribution is 2.30. The van der Waals surface area contributed by atoms with Gasteiger partial charge in [0.15, 0.2) is 0 Å². The molecule has 2 heterocycles. The van der Waals surface area contributed by atoms with E-state index in [4.69, 9.17) is 0 Å². The highest BCUT2D eigenvalue weighted by atomic mass is 32.1. The molecular weight excluding hydrogens is 290 g/mol. The lowest BCUT2D eigenvalue weighted by Gasteiger charge is -2.11. The van der Waals surface area contributed by atoms with E-state index >= 15 is 0 Å². The average molecular weight is 309 g/mol. The smallest absolute Gasteiger partial charge is 0.333 e. The van der Waals surface area contributed by atoms with Crippen LogP contribution in [0.5, 0.6) is 0 Å². The summed E-state index contributed by atoms with van der Waals surface area (Å²) in [7, 11) is 0. The van der Waals surface area contributed by atoms with Crippen LogP contribution in [0.15, 0.2) is 5.38 Å². The minimum atomic E-state index is -0.378. The van der Waals surface area contributed by atoms with E-state index in [9.17, 15) is 10.1 Å². The van der Waals surface area contributed by atoms with E-state index in [1.54, 1.807) is 22.9 Å². The maximum absolute atomic E-state index is 11.2. The number of hydrogen-bond acceptors (Lipinski definition) is 6. The minimum Gasteiger partial charge on any atom is -0.364 e. The number of thiazole rings is 1. The Hall–Kier alpha value is -1.96. The standard InChI is InChI=1S/C13H19N5O2S/c1-8(2)17-13(12(18(19)20)10(4)16-17)14-6-5-11-15-9(3)7-21-11/h7-8,14H,5-6H2,1-4H3. The Morgan fingerprint density at radius 3 is 2.71 bits per heavy atom. The molecule has 0 atom stereocenters. The normalized spacial score (nSPS) is 11.1. The van der Waals surface area contributed by atoms with Crippen molar-refractivity contribution in [2.24, 2.45) is 0 Å². The van der Waals surface area contributed by atoms with Crippen LogP contribution < -0.4 is 5.32 Å². The Kier molecular flexibility index (Phi) is 4.56. The maximum Gasteiger partial charge on any atom is 0.333 e. The number of nitrogens with one attached hydrogen (secondary N) is 1. The van der Waals surface area contributed by atoms with Gasteiger partial charge < -0.3 is 5.32 Å². The SMILES string of the molecule is Cc1csc(CCNc2c([N+](=O)[O-])c(C)nn2C(C)C)n1. The van der Waals surface area contributed by atoms with Crippen molar-refractivity contribution in [2.75, 3.05) is 11.9 Å². The van der Waals surface area contributed by atoms with Crippen LogP contribution in [0, 0.1) is 24.0 Å². The molecule has 0 aliphatic heterocycles. The second kappa shape index (κ2) is 6.21. The lowest BCUT2D eigenvalue weighted by atomic mass is 10.3. The molecule has 2 aromatic heterocycles. The van der Waals surface area contributed by atoms with Gasteiger partial charge in [-0.2, -0.15) is 5.10 Å². The summed E-state index contributed by atoms with van der Waals surface area (Å²) in [6.07, 6.45) is 0.734. The van der Waals surface area contributed by atoms with Gasteiger partial charge in [0, 0.05) is 30.1 Å². The fourth-order valence-corrected chi connectivity index (χ4v) is 2.88. The number of nitrogens with zero attached hydrogens (tertiary/aromatic N) is 4. The third kappa shape index (κ3) is 3.38. The van der Waals surface area contributed by atoms with E-state index in [-0.39, 0.29) is 16.7 Å². The van der Waals surface area contributed by atoms with Crippen molar-refractivity contribution >= 4 is 22.8 Å². The Morgan fingerprint density at radius 2 is 2.19 bits per heavy atom. The minimum absolute atomic E-state index is 0.0546. The van der Waals surface area contributed by atoms with Crippen molar-refractivity contribution in [1.82, 2.24) is 14.8 Å². The van der Waals surface area contributed by atoms with E-state index in [1.165, 1.54) is 0 Å². The quantitative estimate of drug-likeness (QED) is 0.654. The van der Waals surface area contributed by atoms with Crippen LogP contribution in [-0.4, -0.2) is 26.2 Å². The molecule has 0 spiro atoms. The number of aromatic nitrogens is 3. The maximum atomic E-state index is 11.2. The summed E-state index contributed by atoms with van der Waals surface area (Å²) in [5.41, 5.74) is 1.49. The Morgan fingerprint density at radius 1 is 1.48 bits per heavy atom. The number of nitro groups is 1. The lowest BCUT2D eigenvalue weighted by molar-refractivity contribution is -0.384. The van der Waals surface area contributed by atoms with Crippen LogP contribution in [0.2, 0.25) is 0 Å². The van der Waals surface area contributed by atoms with Gasteiger partial charge in [0.2, 0.25) is 5.82 Å². The Labute approximate surface area is 127 Å². The Bertz CT molecular complexity index is 647. The first kappa shape index (κ1) is 15.4. The molecule has 2 rings (SSSR count). The average Bonchev–Trinajstić information content (AvgIpc) is 2.93. The van der Waals surface area contributed by atoms with Crippen molar-refractivity contribution in [3.05, 3.63) is 31.9 Å². The van der Waals surface area contributed by atoms with Crippen molar-refractivity contribution in [1.29, 1.82) is 0 Å². The van der Waals surface area contributed by atoms with Crippen LogP contribution in [0.4, 0.5) is 11.5 Å². The monoisotopic (exact) mass is 309 g/mol. The molecule has 7 nitrogen and oxygen atoms in total. The molecule has 0 aliphatic rings. The number of hydrogen-bond donors (Lipinski definition) is 1. The predicted octanol–water partition coefficient (Wildman–Crippen LogP) is 3.10. The predicted molar refractivity (Wildman–Crippen MR) is 83.0 cm³/mol. The first-order valence-electron chi connectivity index (χ1n) is 6.78. The second-order valence-electron chi connectivity index (χ2n) is 5.14. The molecule has 0 saturated carbocycles. The summed E-state index contributed by atoms with van der Waals surface area (Å²) < 4.78 is 1.67. The molecule has 0 fully saturated rings. The van der Waals surface area contributed by atoms with E-state index < -0.39 is 0 Å². The van der Waals surface area contributed by atoms with E-state index in [1.807, 2.05) is 26.2 Å². The number of rotatable bonds is 6. The van der Waals surface area contributed by atoms with Crippen molar-refractivity contribution < 1.29 is 4.92 Å². The molecule has 8 heteroatoms. The molecular formula is C13H19N5O2S. The third-order valence-electron chi connectivity index (χ3n) is 3.02. The molecule has 2 aromatic rings. The molecule has 114 valence electrons. The zero-order valence-electron chi connectivity index (χ0n) is 12.6. The fourth-order valence-electron chi connectivity index (χ4n) is 2.10. The Balaban J connectivity index is 2.15. The summed E-state index contributed by atoms with van der Waals surface area (Å²) in [6.45, 7) is 8.10. The summed E-state index contributed by atoms with van der Waals surface area (Å²) >= 11 is 1.60. The van der Waals surface area contributed by atoms with Gasteiger partial charge in [-0.05, 0) is 27.7 Å². The van der Waals surface area contributed by atoms with Gasteiger partial charge in [0.05, 0.1) is 9.93 Å². The molecule has 21 heavy (non-hydrogen) atoms. The van der Waals surface area contributed by atoms with E-state index in [0.717, 1.165) is 17.1 Å². The lowest BCUT2D eigenvalue weighted by Crippen LogP contribution is -2.13. The molecule has 0 aromatic carbocycles. The summed E-state index contributed by atoms with van der Waals surface area (Å²) in [5, 5.41) is 21.6. The molecule has 1 N–H and O–H groups in total. The molecule has 0 unspecified atom stereocenters. The van der Waals surface area contributed by atoms with Crippen LogP contribution in [0.3, 0.4) is 0 Å². The molecule has 0 saturated heterocycles. The van der Waals surface area contributed by atoms with Gasteiger partial charge in [0.25, 0.3) is 0 Å². The van der Waals surface area contributed by atoms with Crippen molar-refractivity contribution in [3.63, 3.8) is 0 Å². The molecule has 0 aliphatic carbocycles. The van der Waals surface area contributed by atoms with Crippen LogP contribution in [0.25, 0.3) is 0 Å². The summed E-state index contributed by atoms with van der Waals surface area (Å²) in [6, 6.07) is 0.0574. The highest BCUT2D eigenvalue weighted by molar-refractivity contribution is 7.09. The van der Waals surface area contributed by atoms with Gasteiger partial charge in [-0.3, -0.25) is 10.1 Å². The van der Waals surface area contributed by atoms with Crippen LogP contribution >= 0.6 is 11.3 Å². The first-order chi connectivity index (χ1) is 9.90. The van der Waals surface area contributed by atoms with Gasteiger partial charge in [-0.15, -0.1) is 11.3 Å². The second-order valence-corrected chi connectivity index (χ2v) is 6.08. The van der Waals surface area contributed by atoms with Gasteiger partial charge in [-0.1, -0.05) is 0 Å². The fraction of sp³-hybridized carbons (Fsp3) is 0.538. The van der Waals surface area contributed by atoms with Gasteiger partial charge in [-0.25, -0.2) is 9.67 Å². The molecule has 0 amide bonds. The van der Waals surface area contributed by atoms with E-state index in [0.29, 0.717) is 18.1 Å². The summed E-state index contributed by atoms with van der Waals surface area (Å²) in [5.74, 6) is 0.473. The molecule has 0 bridgehead atoms. The summed E-state index contributed by atoms with van der Waals surface area (Å²) in [4.78, 5) is 15.2. The molecule has 0 radical (unpaired) electrons. The zero-order valence-corrected chi connectivity index (χ0v) is 13.4. The first-order valence-corrected chi connectivity index (χ1v) is 7.66. The zero-order chi connectivity index (χ0) is 15.6. The highest BCUT2D eigenvalue weighted by Gasteiger charge is 2.26. The van der Waals surface area contributed by atoms with Crippen molar-refractivity contribution in [2.45, 2.75) is 40.2 Å². The largest absolute Gasteiger partial charge is 0.364 e. The topological polar surface area (TPSA) is 85.9 Å². The third-order valence-corrected chi connectivity index (χ3v) is 4.05. The van der Waals surface area contributed by atoms with E-state index in [2.05, 4.69) is 15.4 Å². The number of anilines is 1. The van der Waals surface area contributed by atoms with Crippen LogP contribution in [-0.2, 0) is 6.42 Å². The van der Waals surface area contributed by atoms with Crippen LogP contribution in [0.1, 0.15) is 36.3 Å². The van der Waals surface area contributed by atoms with Gasteiger partial charge in [0.1, 0.15) is 5.69 Å². The number of aryl methyl sites for hydroxylation is 2. The van der Waals surface area contributed by atoms with Crippen molar-refractivity contribution in [3.8, 4) is 0 Å². The van der Waals surface area contributed by atoms with Gasteiger partial charge >= 0.3 is 5.69 Å².